The van der Waals surface area contributed by atoms with E-state index in [0.29, 0.717) is 0 Å². The van der Waals surface area contributed by atoms with Crippen LogP contribution in [0.5, 0.6) is 0 Å². The van der Waals surface area contributed by atoms with E-state index in [1.165, 1.54) is 87.6 Å². The second-order valence-corrected chi connectivity index (χ2v) is 28.1. The van der Waals surface area contributed by atoms with Gasteiger partial charge in [0.05, 0.1) is 11.4 Å². The summed E-state index contributed by atoms with van der Waals surface area (Å²) in [6.07, 6.45) is 0. The van der Waals surface area contributed by atoms with E-state index < -0.39 is 0 Å². The lowest BCUT2D eigenvalue weighted by Gasteiger charge is -2.31. The van der Waals surface area contributed by atoms with Gasteiger partial charge in [-0.15, -0.1) is 0 Å². The molecule has 0 aliphatic carbocycles. The summed E-state index contributed by atoms with van der Waals surface area (Å²) in [6, 6.07) is 152. The number of para-hydroxylation sites is 4. The van der Waals surface area contributed by atoms with Gasteiger partial charge < -0.3 is 19.6 Å². The second kappa shape index (κ2) is 32.3. The van der Waals surface area contributed by atoms with Crippen LogP contribution < -0.4 is 19.6 Å². The predicted molar refractivity (Wildman–Crippen MR) is 472 cm³/mol. The van der Waals surface area contributed by atoms with Crippen molar-refractivity contribution in [3.63, 3.8) is 0 Å². The molecule has 0 aliphatic rings. The van der Waals surface area contributed by atoms with Crippen LogP contribution in [0.3, 0.4) is 0 Å². The molecule has 520 valence electrons. The van der Waals surface area contributed by atoms with Gasteiger partial charge in [0.15, 0.2) is 0 Å². The van der Waals surface area contributed by atoms with Gasteiger partial charge in [0, 0.05) is 76.6 Å². The van der Waals surface area contributed by atoms with Crippen molar-refractivity contribution in [3.05, 3.63) is 434 Å². The molecule has 0 aliphatic heterocycles. The zero-order chi connectivity index (χ0) is 71.1. The molecule has 0 fully saturated rings. The average Bonchev–Trinajstić information content (AvgIpc) is 0.746. The molecule has 4 nitrogen and oxygen atoms in total. The molecule has 0 amide bonds. The smallest absolute Gasteiger partial charge is 0.0540 e. The van der Waals surface area contributed by atoms with E-state index in [4.69, 9.17) is 0 Å². The molecule has 0 atom stereocenters. The first-order valence-electron chi connectivity index (χ1n) is 35.8. The van der Waals surface area contributed by atoms with Gasteiger partial charge >= 0.3 is 0 Å². The molecular weight excluding hydrogens is 1440 g/mol. The van der Waals surface area contributed by atoms with Crippen LogP contribution in [-0.2, 0) is 0 Å². The van der Waals surface area contributed by atoms with Crippen LogP contribution in [0.2, 0.25) is 0 Å². The van der Waals surface area contributed by atoms with Gasteiger partial charge in [-0.2, -0.15) is 0 Å². The Kier molecular flexibility index (Phi) is 21.1. The quantitative estimate of drug-likeness (QED) is 0.0956. The maximum absolute atomic E-state index is 3.97. The lowest BCUT2D eigenvalue weighted by Crippen LogP contribution is -2.14. The number of benzene rings is 18. The van der Waals surface area contributed by atoms with Crippen molar-refractivity contribution in [2.45, 2.75) is 14.9 Å². The SMILES string of the molecule is Brc1cc(N(c2ccccc2)c2ccc(-c3cccc4ccccc34)cc2)cc(N(c2ccccc2)c2ccc(-c3cccc4ccccc34)cc2)c1.Brc1cc(N(c2ccccc2)c2ccc(-c3ccccc3)c3ccccc23)cc(N(c2ccccc2)c2ccc(-c3ccccc3)c3ccccc23)c1.C.C. The fourth-order valence-electron chi connectivity index (χ4n) is 14.9. The highest BCUT2D eigenvalue weighted by atomic mass is 79.9. The highest BCUT2D eigenvalue weighted by Gasteiger charge is 2.24. The van der Waals surface area contributed by atoms with Gasteiger partial charge in [-0.3, -0.25) is 0 Å². The van der Waals surface area contributed by atoms with Crippen LogP contribution in [-0.4, -0.2) is 0 Å². The molecule has 0 bridgehead atoms. The first-order valence-corrected chi connectivity index (χ1v) is 37.3. The summed E-state index contributed by atoms with van der Waals surface area (Å²) in [5.41, 5.74) is 22.6. The van der Waals surface area contributed by atoms with E-state index in [2.05, 4.69) is 476 Å². The van der Waals surface area contributed by atoms with Crippen LogP contribution in [0.25, 0.3) is 87.6 Å². The van der Waals surface area contributed by atoms with Gasteiger partial charge in [0.2, 0.25) is 0 Å². The maximum Gasteiger partial charge on any atom is 0.0540 e. The van der Waals surface area contributed by atoms with Crippen molar-refractivity contribution in [2.24, 2.45) is 0 Å². The number of hydrogen-bond donors (Lipinski definition) is 0. The molecule has 18 aromatic carbocycles. The molecule has 0 N–H and O–H groups in total. The summed E-state index contributed by atoms with van der Waals surface area (Å²) in [6.45, 7) is 0. The van der Waals surface area contributed by atoms with E-state index in [1.54, 1.807) is 0 Å². The molecule has 0 unspecified atom stereocenters. The minimum Gasteiger partial charge on any atom is -0.310 e. The molecule has 18 aromatic rings. The Morgan fingerprint density at radius 1 is 0.157 bits per heavy atom. The highest BCUT2D eigenvalue weighted by Crippen LogP contribution is 2.49. The molecule has 0 spiro atoms. The molecule has 0 heterocycles. The maximum atomic E-state index is 3.97. The third-order valence-corrected chi connectivity index (χ3v) is 20.6. The van der Waals surface area contributed by atoms with Crippen molar-refractivity contribution in [3.8, 4) is 44.5 Å². The summed E-state index contributed by atoms with van der Waals surface area (Å²) in [5.74, 6) is 0. The Hall–Kier alpha value is -12.8. The lowest BCUT2D eigenvalue weighted by atomic mass is 9.96. The zero-order valence-electron chi connectivity index (χ0n) is 58.0. The van der Waals surface area contributed by atoms with E-state index >= 15 is 0 Å². The number of nitrogens with zero attached hydrogens (tertiary/aromatic N) is 4. The van der Waals surface area contributed by atoms with Crippen LogP contribution in [0, 0.1) is 0 Å². The minimum atomic E-state index is 0. The summed E-state index contributed by atoms with van der Waals surface area (Å²) in [7, 11) is 0. The molecule has 0 radical (unpaired) electrons. The molecule has 18 rings (SSSR count). The zero-order valence-corrected chi connectivity index (χ0v) is 61.1. The van der Waals surface area contributed by atoms with E-state index in [0.717, 1.165) is 77.2 Å². The van der Waals surface area contributed by atoms with Gasteiger partial charge in [0.1, 0.15) is 0 Å². The number of rotatable bonds is 16. The Bertz CT molecular complexity index is 5720. The van der Waals surface area contributed by atoms with Crippen molar-refractivity contribution in [1.82, 2.24) is 0 Å². The molecule has 0 saturated carbocycles. The topological polar surface area (TPSA) is 13.0 Å². The standard InChI is InChI=1S/2C50H35BrN2.2CH4/c51-38-33-41(52(39-21-9-3-10-22-39)49-31-29-43(36-17-5-1-6-18-36)45-25-13-15-27-47(45)49)35-42(34-38)53(40-23-11-4-12-24-40)50-32-30-44(37-19-7-2-8-20-37)46-26-14-16-28-48(46)50;51-40-33-45(52(41-17-3-1-4-18-41)43-29-25-38(26-30-43)49-23-11-15-36-13-7-9-21-47(36)49)35-46(34-40)53(42-19-5-2-6-20-42)44-31-27-39(28-32-44)50-24-12-16-37-14-8-10-22-48(37)50;;/h2*1-35H;2*1H4. The van der Waals surface area contributed by atoms with Crippen LogP contribution in [0.1, 0.15) is 14.9 Å². The monoisotopic (exact) mass is 1520 g/mol. The van der Waals surface area contributed by atoms with E-state index in [1.807, 2.05) is 0 Å². The highest BCUT2D eigenvalue weighted by molar-refractivity contribution is 9.10. The van der Waals surface area contributed by atoms with E-state index in [9.17, 15) is 0 Å². The van der Waals surface area contributed by atoms with E-state index in [-0.39, 0.29) is 14.9 Å². The van der Waals surface area contributed by atoms with Gasteiger partial charge in [0.25, 0.3) is 0 Å². The number of fused-ring (bicyclic) bond motifs is 4. The largest absolute Gasteiger partial charge is 0.310 e. The van der Waals surface area contributed by atoms with Crippen LogP contribution in [0.15, 0.2) is 434 Å². The summed E-state index contributed by atoms with van der Waals surface area (Å²) in [4.78, 5) is 9.41. The van der Waals surface area contributed by atoms with Gasteiger partial charge in [-0.1, -0.05) is 350 Å². The van der Waals surface area contributed by atoms with Crippen molar-refractivity contribution < 1.29 is 0 Å². The van der Waals surface area contributed by atoms with Crippen molar-refractivity contribution in [2.75, 3.05) is 19.6 Å². The first kappa shape index (κ1) is 70.8. The molecule has 6 heteroatoms. The van der Waals surface area contributed by atoms with Crippen LogP contribution >= 0.6 is 31.9 Å². The summed E-state index contributed by atoms with van der Waals surface area (Å²) >= 11 is 7.89. The lowest BCUT2D eigenvalue weighted by molar-refractivity contribution is 1.24. The molecular formula is C102H78Br2N4. The Balaban J connectivity index is 0.000000169. The normalized spacial score (nSPS) is 10.9. The Labute approximate surface area is 650 Å². The Morgan fingerprint density at radius 3 is 0.741 bits per heavy atom. The molecule has 0 aromatic heterocycles. The van der Waals surface area contributed by atoms with Gasteiger partial charge in [-0.25, -0.2) is 0 Å². The number of halogens is 2. The third-order valence-electron chi connectivity index (χ3n) is 19.7. The summed E-state index contributed by atoms with van der Waals surface area (Å²) < 4.78 is 1.98. The number of hydrogen-bond acceptors (Lipinski definition) is 4. The fraction of sp³-hybridized carbons (Fsp3) is 0.0196. The second-order valence-electron chi connectivity index (χ2n) is 26.3. The molecule has 0 saturated heterocycles. The third kappa shape index (κ3) is 14.6. The van der Waals surface area contributed by atoms with Gasteiger partial charge in [-0.05, 0) is 198 Å². The fourth-order valence-corrected chi connectivity index (χ4v) is 15.9. The predicted octanol–water partition coefficient (Wildman–Crippen LogP) is 31.3. The van der Waals surface area contributed by atoms with Crippen LogP contribution in [0.4, 0.5) is 68.2 Å². The summed E-state index contributed by atoms with van der Waals surface area (Å²) in [5, 5.41) is 9.78. The van der Waals surface area contributed by atoms with Crippen molar-refractivity contribution >= 4 is 143 Å². The average molecular weight is 1520 g/mol. The van der Waals surface area contributed by atoms with Crippen molar-refractivity contribution in [1.29, 1.82) is 0 Å². The first-order chi connectivity index (χ1) is 52.4. The minimum absolute atomic E-state index is 0. The Morgan fingerprint density at radius 2 is 0.398 bits per heavy atom. The number of anilines is 12. The molecule has 108 heavy (non-hydrogen) atoms.